The molecule has 5 heteroatoms. The van der Waals surface area contributed by atoms with Gasteiger partial charge in [0.05, 0.1) is 44.4 Å². The molecule has 0 aliphatic rings. The van der Waals surface area contributed by atoms with Gasteiger partial charge >= 0.3 is 0 Å². The SMILES string of the molecule is c1ccc(-c2nc(-c3ccc(-c4ccc(-c5nc6ccc7ccccc7c6c6oc7ccccc7c56)cc4)cc3)cc(-c3cccc(-n4c5ccccc5c5ccccc54)c3)n2)cc1. The largest absolute Gasteiger partial charge is 0.455 e. The molecule has 0 spiro atoms. The minimum atomic E-state index is 0.685. The Balaban J connectivity index is 0.874. The molecular weight excluding hydrogens is 781 g/mol. The Morgan fingerprint density at radius 3 is 1.67 bits per heavy atom. The lowest BCUT2D eigenvalue weighted by atomic mass is 9.97. The highest BCUT2D eigenvalue weighted by molar-refractivity contribution is 6.25. The number of rotatable bonds is 6. The lowest BCUT2D eigenvalue weighted by molar-refractivity contribution is 0.673. The van der Waals surface area contributed by atoms with E-state index < -0.39 is 0 Å². The normalized spacial score (nSPS) is 11.8. The Kier molecular flexibility index (Phi) is 8.15. The van der Waals surface area contributed by atoms with E-state index in [0.29, 0.717) is 5.82 Å². The van der Waals surface area contributed by atoms with Crippen LogP contribution in [0, 0.1) is 0 Å². The summed E-state index contributed by atoms with van der Waals surface area (Å²) in [7, 11) is 0. The number of furan rings is 1. The van der Waals surface area contributed by atoms with Crippen molar-refractivity contribution in [1.82, 2.24) is 19.5 Å². The highest BCUT2D eigenvalue weighted by atomic mass is 16.3. The van der Waals surface area contributed by atoms with E-state index >= 15 is 0 Å². The summed E-state index contributed by atoms with van der Waals surface area (Å²) in [6.07, 6.45) is 0. The Bertz CT molecular complexity index is 3890. The van der Waals surface area contributed by atoms with Crippen molar-refractivity contribution in [3.63, 3.8) is 0 Å². The van der Waals surface area contributed by atoms with Gasteiger partial charge in [-0.05, 0) is 64.4 Å². The predicted octanol–water partition coefficient (Wildman–Crippen LogP) is 15.5. The van der Waals surface area contributed by atoms with E-state index in [1.807, 2.05) is 30.3 Å². The lowest BCUT2D eigenvalue weighted by Gasteiger charge is -2.12. The van der Waals surface area contributed by atoms with Crippen LogP contribution >= 0.6 is 0 Å². The zero-order valence-corrected chi connectivity index (χ0v) is 34.5. The molecule has 13 aromatic rings. The molecule has 0 aliphatic heterocycles. The quantitative estimate of drug-likeness (QED) is 0.157. The van der Waals surface area contributed by atoms with E-state index in [1.54, 1.807) is 0 Å². The van der Waals surface area contributed by atoms with Crippen molar-refractivity contribution < 1.29 is 4.42 Å². The lowest BCUT2D eigenvalue weighted by Crippen LogP contribution is -1.97. The fourth-order valence-corrected chi connectivity index (χ4v) is 9.55. The monoisotopic (exact) mass is 816 g/mol. The van der Waals surface area contributed by atoms with Gasteiger partial charge in [0.15, 0.2) is 5.82 Å². The molecule has 0 amide bonds. The van der Waals surface area contributed by atoms with Gasteiger partial charge in [0.2, 0.25) is 0 Å². The molecule has 0 radical (unpaired) electrons. The second kappa shape index (κ2) is 14.5. The Morgan fingerprint density at radius 1 is 0.359 bits per heavy atom. The first-order valence-corrected chi connectivity index (χ1v) is 21.6. The minimum absolute atomic E-state index is 0.685. The molecule has 4 heterocycles. The van der Waals surface area contributed by atoms with Gasteiger partial charge < -0.3 is 8.98 Å². The smallest absolute Gasteiger partial charge is 0.160 e. The summed E-state index contributed by atoms with van der Waals surface area (Å²) >= 11 is 0. The molecule has 9 aromatic carbocycles. The summed E-state index contributed by atoms with van der Waals surface area (Å²) in [5.74, 6) is 0.685. The van der Waals surface area contributed by atoms with Crippen LogP contribution in [0.25, 0.3) is 127 Å². The maximum Gasteiger partial charge on any atom is 0.160 e. The second-order valence-corrected chi connectivity index (χ2v) is 16.3. The number of hydrogen-bond acceptors (Lipinski definition) is 4. The highest BCUT2D eigenvalue weighted by Gasteiger charge is 2.20. The molecule has 13 rings (SSSR count). The summed E-state index contributed by atoms with van der Waals surface area (Å²) in [6, 6.07) is 76.6. The summed E-state index contributed by atoms with van der Waals surface area (Å²) in [4.78, 5) is 15.6. The Morgan fingerprint density at radius 2 is 0.938 bits per heavy atom. The van der Waals surface area contributed by atoms with E-state index in [2.05, 4.69) is 193 Å². The number of pyridine rings is 1. The van der Waals surface area contributed by atoms with E-state index in [1.165, 1.54) is 27.2 Å². The van der Waals surface area contributed by atoms with Crippen LogP contribution in [0.4, 0.5) is 0 Å². The summed E-state index contributed by atoms with van der Waals surface area (Å²) < 4.78 is 8.99. The van der Waals surface area contributed by atoms with Crippen LogP contribution < -0.4 is 0 Å². The van der Waals surface area contributed by atoms with E-state index in [4.69, 9.17) is 19.4 Å². The van der Waals surface area contributed by atoms with Crippen LogP contribution in [-0.2, 0) is 0 Å². The van der Waals surface area contributed by atoms with Crippen molar-refractivity contribution in [1.29, 1.82) is 0 Å². The van der Waals surface area contributed by atoms with Gasteiger partial charge in [-0.15, -0.1) is 0 Å². The van der Waals surface area contributed by atoms with Crippen molar-refractivity contribution in [2.24, 2.45) is 0 Å². The van der Waals surface area contributed by atoms with Crippen LogP contribution in [0.2, 0.25) is 0 Å². The fraction of sp³-hybridized carbons (Fsp3) is 0. The van der Waals surface area contributed by atoms with E-state index in [0.717, 1.165) is 94.4 Å². The molecule has 0 aliphatic carbocycles. The highest BCUT2D eigenvalue weighted by Crippen LogP contribution is 2.42. The molecule has 64 heavy (non-hydrogen) atoms. The van der Waals surface area contributed by atoms with Gasteiger partial charge in [-0.2, -0.15) is 0 Å². The van der Waals surface area contributed by atoms with Crippen LogP contribution in [0.15, 0.2) is 223 Å². The first-order valence-electron chi connectivity index (χ1n) is 21.6. The third kappa shape index (κ3) is 5.83. The van der Waals surface area contributed by atoms with Crippen molar-refractivity contribution >= 4 is 65.4 Å². The van der Waals surface area contributed by atoms with Crippen molar-refractivity contribution in [3.8, 4) is 62.0 Å². The topological polar surface area (TPSA) is 56.7 Å². The molecule has 298 valence electrons. The summed E-state index contributed by atoms with van der Waals surface area (Å²) in [5, 5.41) is 7.92. The molecule has 0 atom stereocenters. The molecule has 0 unspecified atom stereocenters. The average Bonchev–Trinajstić information content (AvgIpc) is 3.93. The molecule has 4 aromatic heterocycles. The van der Waals surface area contributed by atoms with Crippen molar-refractivity contribution in [2.45, 2.75) is 0 Å². The molecule has 0 fully saturated rings. The predicted molar refractivity (Wildman–Crippen MR) is 264 cm³/mol. The number of aromatic nitrogens is 4. The summed E-state index contributed by atoms with van der Waals surface area (Å²) in [5.41, 5.74) is 15.0. The number of benzene rings is 9. The molecule has 0 bridgehead atoms. The Hall–Kier alpha value is -8.67. The number of para-hydroxylation sites is 3. The van der Waals surface area contributed by atoms with E-state index in [9.17, 15) is 0 Å². The molecule has 5 nitrogen and oxygen atoms in total. The third-order valence-corrected chi connectivity index (χ3v) is 12.6. The first kappa shape index (κ1) is 36.0. The van der Waals surface area contributed by atoms with Crippen LogP contribution in [0.1, 0.15) is 0 Å². The zero-order chi connectivity index (χ0) is 42.1. The number of nitrogens with zero attached hydrogens (tertiary/aromatic N) is 4. The fourth-order valence-electron chi connectivity index (χ4n) is 9.55. The zero-order valence-electron chi connectivity index (χ0n) is 34.5. The molecule has 0 N–H and O–H groups in total. The van der Waals surface area contributed by atoms with Crippen LogP contribution in [0.5, 0.6) is 0 Å². The maximum absolute atomic E-state index is 6.64. The van der Waals surface area contributed by atoms with E-state index in [-0.39, 0.29) is 0 Å². The van der Waals surface area contributed by atoms with Gasteiger partial charge in [0.25, 0.3) is 0 Å². The number of fused-ring (bicyclic) bond motifs is 10. The number of hydrogen-bond donors (Lipinski definition) is 0. The van der Waals surface area contributed by atoms with Crippen molar-refractivity contribution in [3.05, 3.63) is 218 Å². The summed E-state index contributed by atoms with van der Waals surface area (Å²) in [6.45, 7) is 0. The molecule has 0 saturated carbocycles. The van der Waals surface area contributed by atoms with Gasteiger partial charge in [-0.1, -0.05) is 176 Å². The van der Waals surface area contributed by atoms with Gasteiger partial charge in [0.1, 0.15) is 11.2 Å². The van der Waals surface area contributed by atoms with Gasteiger partial charge in [0, 0.05) is 44.1 Å². The first-order chi connectivity index (χ1) is 31.7. The minimum Gasteiger partial charge on any atom is -0.455 e. The third-order valence-electron chi connectivity index (χ3n) is 12.6. The van der Waals surface area contributed by atoms with Crippen LogP contribution in [0.3, 0.4) is 0 Å². The second-order valence-electron chi connectivity index (χ2n) is 16.3. The Labute approximate surface area is 368 Å². The average molecular weight is 817 g/mol. The molecular formula is C59H36N4O. The van der Waals surface area contributed by atoms with Gasteiger partial charge in [-0.25, -0.2) is 15.0 Å². The van der Waals surface area contributed by atoms with Gasteiger partial charge in [-0.3, -0.25) is 0 Å². The maximum atomic E-state index is 6.64. The standard InChI is InChI=1S/C59H36N4O/c1-2-14-42(15-3-1)59-61-50(36-51(62-59)43-16-12-17-44(35-43)63-52-22-9-6-19-46(52)47-20-7-10-23-53(47)63)40-29-25-37(26-30-40)38-27-31-41(32-28-38)57-56-48-21-8-11-24-54(48)64-58(56)55-45-18-5-4-13-39(45)33-34-49(55)60-57/h1-36H. The van der Waals surface area contributed by atoms with Crippen LogP contribution in [-0.4, -0.2) is 19.5 Å². The van der Waals surface area contributed by atoms with Crippen molar-refractivity contribution in [2.75, 3.05) is 0 Å². The molecule has 0 saturated heterocycles.